The maximum atomic E-state index is 13.6. The van der Waals surface area contributed by atoms with Crippen LogP contribution < -0.4 is 5.73 Å². The van der Waals surface area contributed by atoms with Crippen molar-refractivity contribution in [2.45, 2.75) is 82.8 Å². The van der Waals surface area contributed by atoms with Gasteiger partial charge in [-0.1, -0.05) is 29.4 Å². The lowest BCUT2D eigenvalue weighted by Crippen LogP contribution is -2.33. The second kappa shape index (κ2) is 8.72. The highest BCUT2D eigenvalue weighted by Gasteiger charge is 2.67. The molecule has 200 valence electrons. The summed E-state index contributed by atoms with van der Waals surface area (Å²) in [5.41, 5.74) is 6.40. The van der Waals surface area contributed by atoms with Crippen molar-refractivity contribution in [3.05, 3.63) is 58.8 Å². The average molecular weight is 526 g/mol. The molecule has 3 aromatic rings. The van der Waals surface area contributed by atoms with E-state index < -0.39 is 17.0 Å². The summed E-state index contributed by atoms with van der Waals surface area (Å²) < 4.78 is 47.9. The molecular weight excluding hydrogens is 495 g/mol. The van der Waals surface area contributed by atoms with Crippen LogP contribution in [0.1, 0.15) is 69.9 Å². The van der Waals surface area contributed by atoms with E-state index in [4.69, 9.17) is 16.8 Å². The largest absolute Gasteiger partial charge is 0.394 e. The van der Waals surface area contributed by atoms with Gasteiger partial charge in [0, 0.05) is 17.9 Å². The molecule has 2 aliphatic carbocycles. The normalized spacial score (nSPS) is 23.1. The lowest BCUT2D eigenvalue weighted by atomic mass is 9.80. The minimum absolute atomic E-state index is 0.0175. The molecule has 0 amide bonds. The van der Waals surface area contributed by atoms with Crippen LogP contribution in [0.2, 0.25) is 0 Å². The number of nitrogen functional groups attached to an aromatic ring is 1. The van der Waals surface area contributed by atoms with Gasteiger partial charge in [-0.3, -0.25) is 9.48 Å². The Morgan fingerprint density at radius 3 is 2.34 bits per heavy atom. The van der Waals surface area contributed by atoms with Crippen LogP contribution in [0.15, 0.2) is 34.9 Å². The number of fused-ring (bicyclic) bond motifs is 2. The number of Topliss-reactive ketones (excluding diaryl/α,β-unsaturated/α-hetero) is 1. The summed E-state index contributed by atoms with van der Waals surface area (Å²) in [7, 11) is 0. The molecule has 2 heterocycles. The summed E-state index contributed by atoms with van der Waals surface area (Å²) in [5, 5.41) is 8.66. The van der Waals surface area contributed by atoms with Gasteiger partial charge in [-0.25, -0.2) is 4.85 Å². The molecule has 10 heteroatoms. The summed E-state index contributed by atoms with van der Waals surface area (Å²) in [4.78, 5) is 16.3. The Hall–Kier alpha value is -3.61. The monoisotopic (exact) mass is 525 g/mol. The number of aromatic nitrogens is 3. The fourth-order valence-corrected chi connectivity index (χ4v) is 6.09. The molecular formula is C28H30F3N5O2. The summed E-state index contributed by atoms with van der Waals surface area (Å²) in [5.74, 6) is 0.591. The molecule has 38 heavy (non-hydrogen) atoms. The number of alkyl halides is 3. The Morgan fingerprint density at radius 2 is 1.79 bits per heavy atom. The fraction of sp³-hybridized carbons (Fsp3) is 0.500. The van der Waals surface area contributed by atoms with E-state index in [0.29, 0.717) is 41.5 Å². The molecule has 2 fully saturated rings. The minimum atomic E-state index is -4.21. The van der Waals surface area contributed by atoms with Crippen LogP contribution in [0, 0.1) is 12.0 Å². The molecule has 0 aliphatic heterocycles. The Kier molecular flexibility index (Phi) is 5.97. The standard InChI is InChI=1S/C28H30F3N5O2/c1-25(2,3)36-24(32)23(33-4)22(34-36)18-7-5-17(6-8-18)13-19(37)14-20-15-21(35-38-20)26-9-11-27(16-26,12-10-26)28(29,30)31/h5-8,15H,9-14,16,32H2,1-3H3. The predicted molar refractivity (Wildman–Crippen MR) is 136 cm³/mol. The Balaban J connectivity index is 1.25. The number of ketones is 1. The maximum Gasteiger partial charge on any atom is 0.394 e. The summed E-state index contributed by atoms with van der Waals surface area (Å²) in [6, 6.07) is 8.91. The second-order valence-corrected chi connectivity index (χ2v) is 11.8. The van der Waals surface area contributed by atoms with Crippen LogP contribution in [0.25, 0.3) is 16.1 Å². The topological polar surface area (TPSA) is 91.3 Å². The van der Waals surface area contributed by atoms with Crippen LogP contribution in [-0.4, -0.2) is 26.9 Å². The van der Waals surface area contributed by atoms with Crippen molar-refractivity contribution in [2.24, 2.45) is 5.41 Å². The first-order chi connectivity index (χ1) is 17.8. The van der Waals surface area contributed by atoms with Crippen molar-refractivity contribution in [3.63, 3.8) is 0 Å². The van der Waals surface area contributed by atoms with Gasteiger partial charge in [0.2, 0.25) is 0 Å². The number of hydrogen-bond donors (Lipinski definition) is 1. The first kappa shape index (κ1) is 26.0. The fourth-order valence-electron chi connectivity index (χ4n) is 6.09. The van der Waals surface area contributed by atoms with Crippen LogP contribution in [0.5, 0.6) is 0 Å². The highest BCUT2D eigenvalue weighted by atomic mass is 19.4. The van der Waals surface area contributed by atoms with Crippen LogP contribution in [0.3, 0.4) is 0 Å². The lowest BCUT2D eigenvalue weighted by Gasteiger charge is -2.29. The number of hydrogen-bond acceptors (Lipinski definition) is 5. The van der Waals surface area contributed by atoms with E-state index in [1.54, 1.807) is 10.7 Å². The van der Waals surface area contributed by atoms with E-state index in [0.717, 1.165) is 11.1 Å². The zero-order valence-corrected chi connectivity index (χ0v) is 21.7. The first-order valence-electron chi connectivity index (χ1n) is 12.7. The number of nitrogens with two attached hydrogens (primary N) is 1. The minimum Gasteiger partial charge on any atom is -0.393 e. The van der Waals surface area contributed by atoms with Gasteiger partial charge in [0.1, 0.15) is 23.1 Å². The van der Waals surface area contributed by atoms with Gasteiger partial charge in [0.25, 0.3) is 5.69 Å². The Bertz CT molecular complexity index is 1410. The summed E-state index contributed by atoms with van der Waals surface area (Å²) in [6.07, 6.45) is -2.87. The number of rotatable bonds is 6. The van der Waals surface area contributed by atoms with E-state index in [1.165, 1.54) is 0 Å². The summed E-state index contributed by atoms with van der Waals surface area (Å²) in [6.45, 7) is 13.4. The molecule has 2 aliphatic rings. The third kappa shape index (κ3) is 4.28. The third-order valence-electron chi connectivity index (χ3n) is 8.19. The Morgan fingerprint density at radius 1 is 1.13 bits per heavy atom. The highest BCUT2D eigenvalue weighted by Crippen LogP contribution is 2.67. The SMILES string of the molecule is [C-]#[N+]c1c(-c2ccc(CC(=O)Cc3cc(C45CCC(C(F)(F)F)(CC4)C5)no3)cc2)nn(C(C)(C)C)c1N. The molecule has 0 saturated heterocycles. The molecule has 2 bridgehead atoms. The molecule has 2 N–H and O–H groups in total. The van der Waals surface area contributed by atoms with E-state index in [-0.39, 0.29) is 43.4 Å². The quantitative estimate of drug-likeness (QED) is 0.369. The number of carbonyl (C=O) groups is 1. The molecule has 1 aromatic carbocycles. The average Bonchev–Trinajstić information content (AvgIpc) is 3.61. The van der Waals surface area contributed by atoms with Crippen LogP contribution in [-0.2, 0) is 28.6 Å². The van der Waals surface area contributed by atoms with E-state index in [9.17, 15) is 18.0 Å². The van der Waals surface area contributed by atoms with Crippen molar-refractivity contribution in [3.8, 4) is 11.3 Å². The summed E-state index contributed by atoms with van der Waals surface area (Å²) >= 11 is 0. The van der Waals surface area contributed by atoms with Gasteiger partial charge in [0.05, 0.1) is 29.6 Å². The molecule has 0 unspecified atom stereocenters. The second-order valence-electron chi connectivity index (χ2n) is 11.8. The molecule has 7 nitrogen and oxygen atoms in total. The van der Waals surface area contributed by atoms with Crippen LogP contribution >= 0.6 is 0 Å². The zero-order valence-electron chi connectivity index (χ0n) is 21.7. The highest BCUT2D eigenvalue weighted by molar-refractivity contribution is 5.84. The van der Waals surface area contributed by atoms with Gasteiger partial charge in [-0.05, 0) is 64.0 Å². The van der Waals surface area contributed by atoms with E-state index >= 15 is 0 Å². The van der Waals surface area contributed by atoms with Gasteiger partial charge in [-0.2, -0.15) is 18.3 Å². The number of halogens is 3. The van der Waals surface area contributed by atoms with E-state index in [2.05, 4.69) is 15.1 Å². The molecule has 0 radical (unpaired) electrons. The third-order valence-corrected chi connectivity index (χ3v) is 8.19. The van der Waals surface area contributed by atoms with Gasteiger partial charge in [0.15, 0.2) is 0 Å². The van der Waals surface area contributed by atoms with Crippen molar-refractivity contribution in [1.82, 2.24) is 14.9 Å². The number of benzene rings is 1. The van der Waals surface area contributed by atoms with Crippen molar-refractivity contribution >= 4 is 17.3 Å². The van der Waals surface area contributed by atoms with E-state index in [1.807, 2.05) is 45.0 Å². The molecule has 5 rings (SSSR count). The number of carbonyl (C=O) groups excluding carboxylic acids is 1. The number of nitrogens with zero attached hydrogens (tertiary/aromatic N) is 4. The van der Waals surface area contributed by atoms with Crippen LogP contribution in [0.4, 0.5) is 24.7 Å². The molecule has 2 saturated carbocycles. The lowest BCUT2D eigenvalue weighted by molar-refractivity contribution is -0.220. The van der Waals surface area contributed by atoms with Crippen molar-refractivity contribution in [1.29, 1.82) is 0 Å². The van der Waals surface area contributed by atoms with Gasteiger partial charge >= 0.3 is 6.18 Å². The van der Waals surface area contributed by atoms with Gasteiger partial charge < -0.3 is 10.3 Å². The van der Waals surface area contributed by atoms with Gasteiger partial charge in [-0.15, -0.1) is 0 Å². The number of anilines is 1. The first-order valence-corrected chi connectivity index (χ1v) is 12.7. The smallest absolute Gasteiger partial charge is 0.393 e. The maximum absolute atomic E-state index is 13.6. The predicted octanol–water partition coefficient (Wildman–Crippen LogP) is 6.54. The van der Waals surface area contributed by atoms with Crippen molar-refractivity contribution < 1.29 is 22.5 Å². The molecule has 2 aromatic heterocycles. The molecule has 0 atom stereocenters. The molecule has 0 spiro atoms. The van der Waals surface area contributed by atoms with Crippen molar-refractivity contribution in [2.75, 3.05) is 5.73 Å². The Labute approximate surface area is 219 Å². The zero-order chi connectivity index (χ0) is 27.5.